The van der Waals surface area contributed by atoms with Gasteiger partial charge < -0.3 is 4.74 Å². The number of anilines is 1. The van der Waals surface area contributed by atoms with Gasteiger partial charge in [0, 0.05) is 0 Å². The van der Waals surface area contributed by atoms with Crippen molar-refractivity contribution in [2.75, 3.05) is 10.8 Å². The summed E-state index contributed by atoms with van der Waals surface area (Å²) in [5.74, 6) is -1.20. The van der Waals surface area contributed by atoms with Crippen LogP contribution in [0.3, 0.4) is 0 Å². The van der Waals surface area contributed by atoms with Gasteiger partial charge >= 0.3 is 5.97 Å². The minimum absolute atomic E-state index is 0.101. The molecule has 2 rings (SSSR count). The predicted molar refractivity (Wildman–Crippen MR) is 98.0 cm³/mol. The van der Waals surface area contributed by atoms with Crippen LogP contribution in [0.5, 0.6) is 0 Å². The smallest absolute Gasteiger partial charge is 0.327 e. The molecule has 0 amide bonds. The molecule has 0 spiro atoms. The summed E-state index contributed by atoms with van der Waals surface area (Å²) in [4.78, 5) is 12.0. The number of ether oxygens (including phenoxy) is 1. The van der Waals surface area contributed by atoms with Crippen LogP contribution >= 0.6 is 0 Å². The fourth-order valence-electron chi connectivity index (χ4n) is 2.36. The summed E-state index contributed by atoms with van der Waals surface area (Å²) in [6, 6.07) is 11.4. The Morgan fingerprint density at radius 2 is 1.65 bits per heavy atom. The standard InChI is InChI=1S/C19H22FNO4S/c1-4-15-5-9-17(10-6-15)21(13-19(22)25-14(2)3)26(23,24)18-11-7-16(20)8-12-18/h5-12,14H,4,13H2,1-3H3. The van der Waals surface area contributed by atoms with E-state index in [4.69, 9.17) is 4.74 Å². The van der Waals surface area contributed by atoms with Crippen LogP contribution in [0, 0.1) is 5.82 Å². The first-order valence-corrected chi connectivity index (χ1v) is 9.74. The maximum absolute atomic E-state index is 13.2. The summed E-state index contributed by atoms with van der Waals surface area (Å²) in [6.07, 6.45) is 0.445. The van der Waals surface area contributed by atoms with E-state index in [1.807, 2.05) is 6.92 Å². The third kappa shape index (κ3) is 4.82. The quantitative estimate of drug-likeness (QED) is 0.691. The third-order valence-electron chi connectivity index (χ3n) is 3.67. The van der Waals surface area contributed by atoms with Crippen molar-refractivity contribution in [1.82, 2.24) is 0 Å². The van der Waals surface area contributed by atoms with Crippen molar-refractivity contribution in [2.45, 2.75) is 38.2 Å². The first kappa shape index (κ1) is 19.9. The van der Waals surface area contributed by atoms with Crippen molar-refractivity contribution in [3.05, 3.63) is 59.9 Å². The molecular formula is C19H22FNO4S. The molecule has 0 aliphatic carbocycles. The maximum atomic E-state index is 13.2. The molecule has 0 N–H and O–H groups in total. The van der Waals surface area contributed by atoms with Crippen LogP contribution in [0.4, 0.5) is 10.1 Å². The number of aryl methyl sites for hydroxylation is 1. The lowest BCUT2D eigenvalue weighted by molar-refractivity contribution is -0.145. The number of sulfonamides is 1. The van der Waals surface area contributed by atoms with E-state index in [1.54, 1.807) is 38.1 Å². The number of carbonyl (C=O) groups excluding carboxylic acids is 1. The molecule has 0 bridgehead atoms. The molecule has 0 aliphatic rings. The summed E-state index contributed by atoms with van der Waals surface area (Å²) in [5, 5.41) is 0. The van der Waals surface area contributed by atoms with Crippen molar-refractivity contribution in [3.8, 4) is 0 Å². The zero-order valence-electron chi connectivity index (χ0n) is 15.0. The molecule has 26 heavy (non-hydrogen) atoms. The molecule has 0 aromatic heterocycles. The Morgan fingerprint density at radius 3 is 2.15 bits per heavy atom. The van der Waals surface area contributed by atoms with Gasteiger partial charge in [0.15, 0.2) is 0 Å². The number of carbonyl (C=O) groups is 1. The summed E-state index contributed by atoms with van der Waals surface area (Å²) in [7, 11) is -4.06. The van der Waals surface area contributed by atoms with E-state index in [1.165, 1.54) is 12.1 Å². The molecule has 0 heterocycles. The highest BCUT2D eigenvalue weighted by atomic mass is 32.2. The van der Waals surface area contributed by atoms with Gasteiger partial charge in [-0.3, -0.25) is 9.10 Å². The van der Waals surface area contributed by atoms with Crippen molar-refractivity contribution >= 4 is 21.7 Å². The third-order valence-corrected chi connectivity index (χ3v) is 5.46. The Kier molecular flexibility index (Phi) is 6.37. The van der Waals surface area contributed by atoms with Gasteiger partial charge in [-0.1, -0.05) is 19.1 Å². The summed E-state index contributed by atoms with van der Waals surface area (Å²) < 4.78 is 45.3. The Labute approximate surface area is 153 Å². The number of esters is 1. The number of halogens is 1. The van der Waals surface area contributed by atoms with E-state index >= 15 is 0 Å². The van der Waals surface area contributed by atoms with Crippen molar-refractivity contribution in [2.24, 2.45) is 0 Å². The van der Waals surface area contributed by atoms with Gasteiger partial charge in [0.2, 0.25) is 0 Å². The first-order valence-electron chi connectivity index (χ1n) is 8.30. The molecule has 0 radical (unpaired) electrons. The highest BCUT2D eigenvalue weighted by Crippen LogP contribution is 2.24. The number of nitrogens with zero attached hydrogens (tertiary/aromatic N) is 1. The fourth-order valence-corrected chi connectivity index (χ4v) is 3.77. The molecule has 2 aromatic carbocycles. The molecule has 0 saturated carbocycles. The Hall–Kier alpha value is -2.41. The van der Waals surface area contributed by atoms with Crippen LogP contribution in [0.2, 0.25) is 0 Å². The molecule has 7 heteroatoms. The molecule has 0 aliphatic heterocycles. The number of rotatable bonds is 7. The molecule has 140 valence electrons. The molecular weight excluding hydrogens is 357 g/mol. The molecule has 2 aromatic rings. The Morgan fingerprint density at radius 1 is 1.08 bits per heavy atom. The van der Waals surface area contributed by atoms with Gasteiger partial charge in [0.25, 0.3) is 10.0 Å². The van der Waals surface area contributed by atoms with Crippen LogP contribution in [-0.4, -0.2) is 27.0 Å². The van der Waals surface area contributed by atoms with Gasteiger partial charge in [-0.05, 0) is 62.2 Å². The second kappa shape index (κ2) is 8.31. The molecule has 0 unspecified atom stereocenters. The van der Waals surface area contributed by atoms with Gasteiger partial charge in [0.05, 0.1) is 16.7 Å². The second-order valence-corrected chi connectivity index (χ2v) is 7.89. The van der Waals surface area contributed by atoms with Gasteiger partial charge in [-0.25, -0.2) is 12.8 Å². The van der Waals surface area contributed by atoms with Crippen LogP contribution in [0.25, 0.3) is 0 Å². The van der Waals surface area contributed by atoms with Crippen LogP contribution < -0.4 is 4.31 Å². The van der Waals surface area contributed by atoms with Crippen molar-refractivity contribution in [1.29, 1.82) is 0 Å². The SMILES string of the molecule is CCc1ccc(N(CC(=O)OC(C)C)S(=O)(=O)c2ccc(F)cc2)cc1. The molecule has 5 nitrogen and oxygen atoms in total. The van der Waals surface area contributed by atoms with Crippen LogP contribution in [0.1, 0.15) is 26.3 Å². The summed E-state index contributed by atoms with van der Waals surface area (Å²) in [5.41, 5.74) is 1.38. The van der Waals surface area contributed by atoms with Gasteiger partial charge in [-0.2, -0.15) is 0 Å². The van der Waals surface area contributed by atoms with Crippen molar-refractivity contribution in [3.63, 3.8) is 0 Å². The van der Waals surface area contributed by atoms with E-state index in [-0.39, 0.29) is 11.0 Å². The lowest BCUT2D eigenvalue weighted by Crippen LogP contribution is -2.37. The summed E-state index contributed by atoms with van der Waals surface area (Å²) in [6.45, 7) is 4.89. The maximum Gasteiger partial charge on any atom is 0.327 e. The van der Waals surface area contributed by atoms with E-state index < -0.39 is 28.4 Å². The summed E-state index contributed by atoms with van der Waals surface area (Å²) >= 11 is 0. The van der Waals surface area contributed by atoms with Crippen LogP contribution in [0.15, 0.2) is 53.4 Å². The highest BCUT2D eigenvalue weighted by Gasteiger charge is 2.28. The fraction of sp³-hybridized carbons (Fsp3) is 0.316. The lowest BCUT2D eigenvalue weighted by Gasteiger charge is -2.24. The van der Waals surface area contributed by atoms with E-state index in [0.717, 1.165) is 28.4 Å². The van der Waals surface area contributed by atoms with Gasteiger partial charge in [0.1, 0.15) is 12.4 Å². The first-order chi connectivity index (χ1) is 12.2. The monoisotopic (exact) mass is 379 g/mol. The molecule has 0 atom stereocenters. The minimum Gasteiger partial charge on any atom is -0.462 e. The second-order valence-electron chi connectivity index (χ2n) is 6.02. The van der Waals surface area contributed by atoms with E-state index in [9.17, 15) is 17.6 Å². The largest absolute Gasteiger partial charge is 0.462 e. The Bertz CT molecular complexity index is 846. The highest BCUT2D eigenvalue weighted by molar-refractivity contribution is 7.92. The number of hydrogen-bond donors (Lipinski definition) is 0. The normalized spacial score (nSPS) is 11.4. The van der Waals surface area contributed by atoms with E-state index in [0.29, 0.717) is 5.69 Å². The van der Waals surface area contributed by atoms with E-state index in [2.05, 4.69) is 0 Å². The van der Waals surface area contributed by atoms with Crippen molar-refractivity contribution < 1.29 is 22.3 Å². The zero-order chi connectivity index (χ0) is 19.3. The van der Waals surface area contributed by atoms with Gasteiger partial charge in [-0.15, -0.1) is 0 Å². The molecule has 0 fully saturated rings. The Balaban J connectivity index is 2.44. The molecule has 0 saturated heterocycles. The minimum atomic E-state index is -4.06. The number of benzene rings is 2. The lowest BCUT2D eigenvalue weighted by atomic mass is 10.1. The average Bonchev–Trinajstić information content (AvgIpc) is 2.59. The number of hydrogen-bond acceptors (Lipinski definition) is 4. The zero-order valence-corrected chi connectivity index (χ0v) is 15.8. The van der Waals surface area contributed by atoms with Crippen LogP contribution in [-0.2, 0) is 26.0 Å². The topological polar surface area (TPSA) is 63.7 Å². The predicted octanol–water partition coefficient (Wildman–Crippen LogP) is 3.54. The average molecular weight is 379 g/mol.